The Hall–Kier alpha value is -2.39. The molecule has 0 radical (unpaired) electrons. The highest BCUT2D eigenvalue weighted by atomic mass is 32.2. The Morgan fingerprint density at radius 3 is 2.45 bits per heavy atom. The molecule has 1 aliphatic heterocycles. The molecule has 0 amide bonds. The molecular weight excluding hydrogens is 288 g/mol. The van der Waals surface area contributed by atoms with Gasteiger partial charge in [-0.3, -0.25) is 0 Å². The number of rotatable bonds is 4. The van der Waals surface area contributed by atoms with Crippen molar-refractivity contribution in [3.63, 3.8) is 0 Å². The summed E-state index contributed by atoms with van der Waals surface area (Å²) in [4.78, 5) is 2.28. The molecule has 0 atom stereocenters. The smallest absolute Gasteiger partial charge is 0.0804 e. The van der Waals surface area contributed by atoms with Crippen molar-refractivity contribution >= 4 is 29.2 Å². The van der Waals surface area contributed by atoms with E-state index in [4.69, 9.17) is 5.73 Å². The first-order valence-electron chi connectivity index (χ1n) is 7.16. The third-order valence-electron chi connectivity index (χ3n) is 3.46. The lowest BCUT2D eigenvalue weighted by molar-refractivity contribution is 0.591. The van der Waals surface area contributed by atoms with Crippen molar-refractivity contribution in [2.75, 3.05) is 12.3 Å². The van der Waals surface area contributed by atoms with Crippen LogP contribution in [0.25, 0.3) is 11.8 Å². The Kier molecular flexibility index (Phi) is 4.35. The second-order valence-electron chi connectivity index (χ2n) is 5.04. The first kappa shape index (κ1) is 14.5. The molecule has 110 valence electrons. The monoisotopic (exact) mass is 306 g/mol. The van der Waals surface area contributed by atoms with Gasteiger partial charge in [0.1, 0.15) is 0 Å². The van der Waals surface area contributed by atoms with Gasteiger partial charge in [-0.05, 0) is 29.3 Å². The van der Waals surface area contributed by atoms with Gasteiger partial charge in [0.15, 0.2) is 0 Å². The van der Waals surface area contributed by atoms with Gasteiger partial charge in [0.25, 0.3) is 0 Å². The molecule has 3 rings (SSSR count). The van der Waals surface area contributed by atoms with Gasteiger partial charge < -0.3 is 10.6 Å². The highest BCUT2D eigenvalue weighted by molar-refractivity contribution is 8.06. The van der Waals surface area contributed by atoms with Crippen LogP contribution in [0, 0.1) is 0 Å². The maximum Gasteiger partial charge on any atom is 0.0804 e. The number of nitrogen functional groups attached to an aromatic ring is 1. The van der Waals surface area contributed by atoms with Crippen molar-refractivity contribution in [3.8, 4) is 0 Å². The van der Waals surface area contributed by atoms with Gasteiger partial charge in [-0.1, -0.05) is 60.3 Å². The minimum Gasteiger partial charge on any atom is -0.399 e. The number of hydrogen-bond acceptors (Lipinski definition) is 3. The topological polar surface area (TPSA) is 29.3 Å². The molecule has 0 aliphatic carbocycles. The van der Waals surface area contributed by atoms with Gasteiger partial charge in [0.05, 0.1) is 10.7 Å². The van der Waals surface area contributed by atoms with Crippen molar-refractivity contribution in [2.24, 2.45) is 0 Å². The van der Waals surface area contributed by atoms with E-state index in [0.717, 1.165) is 17.8 Å². The van der Waals surface area contributed by atoms with Crippen LogP contribution in [0.2, 0.25) is 0 Å². The van der Waals surface area contributed by atoms with Crippen LogP contribution in [0.15, 0.2) is 77.7 Å². The van der Waals surface area contributed by atoms with Crippen LogP contribution < -0.4 is 5.73 Å². The minimum absolute atomic E-state index is 0.785. The summed E-state index contributed by atoms with van der Waals surface area (Å²) >= 11 is 1.74. The van der Waals surface area contributed by atoms with Crippen LogP contribution in [0.3, 0.4) is 0 Å². The van der Waals surface area contributed by atoms with Crippen LogP contribution in [-0.4, -0.2) is 11.4 Å². The number of nitrogens with two attached hydrogens (primary N) is 1. The summed E-state index contributed by atoms with van der Waals surface area (Å²) in [6.07, 6.45) is 4.11. The Morgan fingerprint density at radius 1 is 1.05 bits per heavy atom. The molecular formula is C19H18N2S. The molecule has 0 saturated heterocycles. The van der Waals surface area contributed by atoms with Crippen LogP contribution in [0.5, 0.6) is 0 Å². The van der Waals surface area contributed by atoms with Gasteiger partial charge in [-0.2, -0.15) is 0 Å². The predicted molar refractivity (Wildman–Crippen MR) is 97.7 cm³/mol. The van der Waals surface area contributed by atoms with Crippen molar-refractivity contribution in [1.29, 1.82) is 0 Å². The fourth-order valence-electron chi connectivity index (χ4n) is 2.36. The van der Waals surface area contributed by atoms with Crippen LogP contribution in [0.1, 0.15) is 11.1 Å². The van der Waals surface area contributed by atoms with Crippen molar-refractivity contribution in [3.05, 3.63) is 88.8 Å². The zero-order valence-corrected chi connectivity index (χ0v) is 13.1. The maximum atomic E-state index is 5.75. The summed E-state index contributed by atoms with van der Waals surface area (Å²) in [5.74, 6) is 0. The molecule has 1 heterocycles. The van der Waals surface area contributed by atoms with Crippen LogP contribution >= 0.6 is 11.8 Å². The van der Waals surface area contributed by atoms with E-state index >= 15 is 0 Å². The van der Waals surface area contributed by atoms with Gasteiger partial charge in [0, 0.05) is 17.6 Å². The molecule has 3 heteroatoms. The standard InChI is InChI=1S/C19H18N2S/c1-2-12-21-18(16-6-4-3-5-7-16)14-22-19(21)13-15-8-10-17(20)11-9-15/h2-11,13-14H,1,12,20H2/b19-13-. The van der Waals surface area contributed by atoms with Crippen LogP contribution in [-0.2, 0) is 0 Å². The highest BCUT2D eigenvalue weighted by Gasteiger charge is 2.21. The van der Waals surface area contributed by atoms with Gasteiger partial charge in [-0.25, -0.2) is 0 Å². The van der Waals surface area contributed by atoms with E-state index in [-0.39, 0.29) is 0 Å². The average molecular weight is 306 g/mol. The lowest BCUT2D eigenvalue weighted by atomic mass is 10.1. The number of hydrogen-bond donors (Lipinski definition) is 1. The normalized spacial score (nSPS) is 15.9. The summed E-state index contributed by atoms with van der Waals surface area (Å²) in [6.45, 7) is 4.67. The van der Waals surface area contributed by atoms with Crippen molar-refractivity contribution < 1.29 is 0 Å². The van der Waals surface area contributed by atoms with Gasteiger partial charge >= 0.3 is 0 Å². The van der Waals surface area contributed by atoms with E-state index in [0.29, 0.717) is 0 Å². The summed E-state index contributed by atoms with van der Waals surface area (Å²) < 4.78 is 0. The summed E-state index contributed by atoms with van der Waals surface area (Å²) in [5.41, 5.74) is 10.1. The Morgan fingerprint density at radius 2 is 1.77 bits per heavy atom. The fourth-order valence-corrected chi connectivity index (χ4v) is 3.36. The zero-order chi connectivity index (χ0) is 15.4. The van der Waals surface area contributed by atoms with Gasteiger partial charge in [-0.15, -0.1) is 6.58 Å². The predicted octanol–water partition coefficient (Wildman–Crippen LogP) is 4.80. The van der Waals surface area contributed by atoms with E-state index in [2.05, 4.69) is 47.2 Å². The Balaban J connectivity index is 1.91. The van der Waals surface area contributed by atoms with E-state index in [9.17, 15) is 0 Å². The molecule has 2 aromatic carbocycles. The minimum atomic E-state index is 0.785. The maximum absolute atomic E-state index is 5.75. The Labute approximate surface area is 135 Å². The fraction of sp³-hybridized carbons (Fsp3) is 0.0526. The average Bonchev–Trinajstić information content (AvgIpc) is 2.94. The third-order valence-corrected chi connectivity index (χ3v) is 4.38. The second kappa shape index (κ2) is 6.58. The molecule has 2 N–H and O–H groups in total. The Bertz CT molecular complexity index is 715. The quantitative estimate of drug-likeness (QED) is 0.650. The first-order chi connectivity index (χ1) is 10.8. The second-order valence-corrected chi connectivity index (χ2v) is 5.93. The molecule has 22 heavy (non-hydrogen) atoms. The number of anilines is 1. The molecule has 0 aromatic heterocycles. The zero-order valence-electron chi connectivity index (χ0n) is 12.3. The van der Waals surface area contributed by atoms with Crippen LogP contribution in [0.4, 0.5) is 5.69 Å². The molecule has 0 fully saturated rings. The largest absolute Gasteiger partial charge is 0.399 e. The summed E-state index contributed by atoms with van der Waals surface area (Å²) in [6, 6.07) is 18.4. The van der Waals surface area contributed by atoms with E-state index in [1.165, 1.54) is 16.3 Å². The third kappa shape index (κ3) is 3.10. The number of nitrogens with zero attached hydrogens (tertiary/aromatic N) is 1. The first-order valence-corrected chi connectivity index (χ1v) is 8.04. The molecule has 0 unspecified atom stereocenters. The SMILES string of the molecule is C=CCN1C(c2ccccc2)=CS/C1=C\c1ccc(N)cc1. The number of thioether (sulfide) groups is 1. The van der Waals surface area contributed by atoms with E-state index < -0.39 is 0 Å². The summed E-state index contributed by atoms with van der Waals surface area (Å²) in [5, 5.41) is 3.39. The molecule has 2 nitrogen and oxygen atoms in total. The van der Waals surface area contributed by atoms with Crippen molar-refractivity contribution in [1.82, 2.24) is 4.90 Å². The molecule has 0 bridgehead atoms. The van der Waals surface area contributed by atoms with E-state index in [1.807, 2.05) is 36.4 Å². The molecule has 0 saturated carbocycles. The lowest BCUT2D eigenvalue weighted by Crippen LogP contribution is -2.16. The van der Waals surface area contributed by atoms with E-state index in [1.54, 1.807) is 11.8 Å². The number of benzene rings is 2. The van der Waals surface area contributed by atoms with Crippen molar-refractivity contribution in [2.45, 2.75) is 0 Å². The molecule has 2 aromatic rings. The highest BCUT2D eigenvalue weighted by Crippen LogP contribution is 2.40. The lowest BCUT2D eigenvalue weighted by Gasteiger charge is -2.22. The van der Waals surface area contributed by atoms with Gasteiger partial charge in [0.2, 0.25) is 0 Å². The molecule has 0 spiro atoms. The molecule has 1 aliphatic rings. The summed E-state index contributed by atoms with van der Waals surface area (Å²) in [7, 11) is 0.